The Bertz CT molecular complexity index is 513. The molecule has 1 aromatic carbocycles. The van der Waals surface area contributed by atoms with E-state index in [1.165, 1.54) is 31.4 Å². The topological polar surface area (TPSA) is 50.4 Å². The average Bonchev–Trinajstić information content (AvgIpc) is 2.49. The Hall–Kier alpha value is -1.33. The van der Waals surface area contributed by atoms with Crippen LogP contribution in [0.25, 0.3) is 0 Å². The Morgan fingerprint density at radius 2 is 2.18 bits per heavy atom. The van der Waals surface area contributed by atoms with Crippen molar-refractivity contribution in [3.05, 3.63) is 29.0 Å². The van der Waals surface area contributed by atoms with E-state index >= 15 is 0 Å². The summed E-state index contributed by atoms with van der Waals surface area (Å²) in [6, 6.07) is 3.75. The van der Waals surface area contributed by atoms with E-state index in [1.54, 1.807) is 6.07 Å². The molecule has 0 spiro atoms. The molecule has 6 heteroatoms. The van der Waals surface area contributed by atoms with Crippen molar-refractivity contribution in [2.75, 3.05) is 18.5 Å². The fraction of sp³-hybridized carbons (Fsp3) is 0.562. The van der Waals surface area contributed by atoms with Gasteiger partial charge in [-0.2, -0.15) is 0 Å². The zero-order chi connectivity index (χ0) is 15.9. The van der Waals surface area contributed by atoms with Crippen LogP contribution in [0.4, 0.5) is 14.9 Å². The monoisotopic (exact) mass is 328 g/mol. The van der Waals surface area contributed by atoms with Crippen LogP contribution in [0.15, 0.2) is 18.2 Å². The largest absolute Gasteiger partial charge is 0.376 e. The molecule has 1 aromatic rings. The van der Waals surface area contributed by atoms with Crippen molar-refractivity contribution in [2.45, 2.75) is 38.7 Å². The molecule has 122 valence electrons. The van der Waals surface area contributed by atoms with Crippen LogP contribution in [0.5, 0.6) is 0 Å². The van der Waals surface area contributed by atoms with E-state index in [0.717, 1.165) is 6.42 Å². The molecular weight excluding hydrogens is 307 g/mol. The number of hydrogen-bond acceptors (Lipinski definition) is 2. The molecule has 0 unspecified atom stereocenters. The van der Waals surface area contributed by atoms with Crippen LogP contribution in [-0.4, -0.2) is 25.3 Å². The second-order valence-electron chi connectivity index (χ2n) is 5.68. The minimum Gasteiger partial charge on any atom is -0.376 e. The lowest BCUT2D eigenvalue weighted by Gasteiger charge is -2.28. The maximum atomic E-state index is 13.3. The molecule has 0 bridgehead atoms. The van der Waals surface area contributed by atoms with Gasteiger partial charge in [-0.1, -0.05) is 31.4 Å². The second kappa shape index (κ2) is 8.34. The summed E-state index contributed by atoms with van der Waals surface area (Å²) < 4.78 is 19.1. The highest BCUT2D eigenvalue weighted by Crippen LogP contribution is 2.26. The maximum absolute atomic E-state index is 13.3. The van der Waals surface area contributed by atoms with Gasteiger partial charge in [-0.05, 0) is 37.0 Å². The Kier molecular flexibility index (Phi) is 6.46. The van der Waals surface area contributed by atoms with Crippen LogP contribution in [0, 0.1) is 11.7 Å². The van der Waals surface area contributed by atoms with Gasteiger partial charge in [0.05, 0.1) is 17.7 Å². The molecule has 0 aliphatic heterocycles. The number of halogens is 2. The van der Waals surface area contributed by atoms with Gasteiger partial charge in [-0.15, -0.1) is 0 Å². The number of nitrogens with one attached hydrogen (secondary N) is 2. The summed E-state index contributed by atoms with van der Waals surface area (Å²) in [7, 11) is 0. The van der Waals surface area contributed by atoms with Crippen molar-refractivity contribution < 1.29 is 13.9 Å². The van der Waals surface area contributed by atoms with Crippen molar-refractivity contribution in [1.82, 2.24) is 5.32 Å². The Morgan fingerprint density at radius 1 is 1.41 bits per heavy atom. The first-order valence-electron chi connectivity index (χ1n) is 7.68. The molecule has 0 radical (unpaired) electrons. The predicted molar refractivity (Wildman–Crippen MR) is 85.8 cm³/mol. The number of amides is 2. The van der Waals surface area contributed by atoms with Gasteiger partial charge in [0.1, 0.15) is 5.82 Å². The Labute approximate surface area is 135 Å². The molecule has 1 fully saturated rings. The van der Waals surface area contributed by atoms with Gasteiger partial charge < -0.3 is 15.4 Å². The molecule has 2 amide bonds. The first-order valence-corrected chi connectivity index (χ1v) is 8.05. The van der Waals surface area contributed by atoms with Crippen LogP contribution in [-0.2, 0) is 4.74 Å². The average molecular weight is 329 g/mol. The van der Waals surface area contributed by atoms with Gasteiger partial charge in [0.2, 0.25) is 0 Å². The number of urea groups is 1. The quantitative estimate of drug-likeness (QED) is 0.796. The number of carbonyl (C=O) groups is 1. The van der Waals surface area contributed by atoms with Crippen LogP contribution in [0.2, 0.25) is 5.02 Å². The van der Waals surface area contributed by atoms with E-state index in [9.17, 15) is 9.18 Å². The van der Waals surface area contributed by atoms with Gasteiger partial charge in [0.15, 0.2) is 0 Å². The van der Waals surface area contributed by atoms with Crippen molar-refractivity contribution >= 4 is 23.3 Å². The molecule has 1 saturated carbocycles. The third kappa shape index (κ3) is 5.14. The molecule has 22 heavy (non-hydrogen) atoms. The number of anilines is 1. The third-order valence-corrected chi connectivity index (χ3v) is 4.24. The third-order valence-electron chi connectivity index (χ3n) is 3.93. The lowest BCUT2D eigenvalue weighted by atomic mass is 9.88. The lowest BCUT2D eigenvalue weighted by Crippen LogP contribution is -2.34. The van der Waals surface area contributed by atoms with E-state index in [2.05, 4.69) is 17.6 Å². The van der Waals surface area contributed by atoms with E-state index < -0.39 is 5.82 Å². The summed E-state index contributed by atoms with van der Waals surface area (Å²) in [5.41, 5.74) is 0.362. The van der Waals surface area contributed by atoms with Crippen molar-refractivity contribution in [2.24, 2.45) is 5.92 Å². The van der Waals surface area contributed by atoms with Crippen LogP contribution in [0.3, 0.4) is 0 Å². The SMILES string of the molecule is C[C@H]1CCCC[C@H]1OCCNC(=O)Nc1ccc(Cl)c(F)c1. The van der Waals surface area contributed by atoms with Gasteiger partial charge in [0, 0.05) is 12.2 Å². The smallest absolute Gasteiger partial charge is 0.319 e. The number of ether oxygens (including phenoxy) is 1. The first kappa shape index (κ1) is 17.0. The fourth-order valence-electron chi connectivity index (χ4n) is 2.65. The van der Waals surface area contributed by atoms with Crippen LogP contribution >= 0.6 is 11.6 Å². The molecule has 2 N–H and O–H groups in total. The van der Waals surface area contributed by atoms with Crippen molar-refractivity contribution in [3.63, 3.8) is 0 Å². The van der Waals surface area contributed by atoms with Gasteiger partial charge in [-0.3, -0.25) is 0 Å². The highest BCUT2D eigenvalue weighted by Gasteiger charge is 2.21. The minimum absolute atomic E-state index is 0.0287. The molecule has 2 atom stereocenters. The van der Waals surface area contributed by atoms with Crippen molar-refractivity contribution in [1.29, 1.82) is 0 Å². The summed E-state index contributed by atoms with van der Waals surface area (Å²) in [6.07, 6.45) is 5.09. The highest BCUT2D eigenvalue weighted by atomic mass is 35.5. The van der Waals surface area contributed by atoms with E-state index in [-0.39, 0.29) is 11.1 Å². The molecule has 2 rings (SSSR count). The standard InChI is InChI=1S/C16H22ClFN2O2/c1-11-4-2-3-5-15(11)22-9-8-19-16(21)20-12-6-7-13(17)14(18)10-12/h6-7,10-11,15H,2-5,8-9H2,1H3,(H2,19,20,21)/t11-,15+/m0/s1. The minimum atomic E-state index is -0.561. The lowest BCUT2D eigenvalue weighted by molar-refractivity contribution is -0.00232. The molecular formula is C16H22ClFN2O2. The molecule has 1 aliphatic carbocycles. The summed E-state index contributed by atoms with van der Waals surface area (Å²) in [5, 5.41) is 5.27. The molecule has 4 nitrogen and oxygen atoms in total. The second-order valence-corrected chi connectivity index (χ2v) is 6.09. The first-order chi connectivity index (χ1) is 10.6. The number of rotatable bonds is 5. The van der Waals surface area contributed by atoms with E-state index in [1.807, 2.05) is 0 Å². The summed E-state index contributed by atoms with van der Waals surface area (Å²) >= 11 is 5.59. The Balaban J connectivity index is 1.66. The summed E-state index contributed by atoms with van der Waals surface area (Å²) in [4.78, 5) is 11.7. The molecule has 0 aromatic heterocycles. The fourth-order valence-corrected chi connectivity index (χ4v) is 2.77. The van der Waals surface area contributed by atoms with Crippen LogP contribution in [0.1, 0.15) is 32.6 Å². The zero-order valence-electron chi connectivity index (χ0n) is 12.7. The normalized spacial score (nSPS) is 21.4. The highest BCUT2D eigenvalue weighted by molar-refractivity contribution is 6.30. The molecule has 0 heterocycles. The molecule has 0 saturated heterocycles. The van der Waals surface area contributed by atoms with Gasteiger partial charge >= 0.3 is 6.03 Å². The summed E-state index contributed by atoms with van der Waals surface area (Å²) in [6.45, 7) is 3.11. The van der Waals surface area contributed by atoms with E-state index in [0.29, 0.717) is 30.9 Å². The maximum Gasteiger partial charge on any atom is 0.319 e. The Morgan fingerprint density at radius 3 is 2.91 bits per heavy atom. The molecule has 1 aliphatic rings. The van der Waals surface area contributed by atoms with Gasteiger partial charge in [-0.25, -0.2) is 9.18 Å². The van der Waals surface area contributed by atoms with Crippen molar-refractivity contribution in [3.8, 4) is 0 Å². The zero-order valence-corrected chi connectivity index (χ0v) is 13.5. The van der Waals surface area contributed by atoms with Crippen LogP contribution < -0.4 is 10.6 Å². The number of benzene rings is 1. The van der Waals surface area contributed by atoms with E-state index in [4.69, 9.17) is 16.3 Å². The van der Waals surface area contributed by atoms with Gasteiger partial charge in [0.25, 0.3) is 0 Å². The summed E-state index contributed by atoms with van der Waals surface area (Å²) in [5.74, 6) is 0.0219. The predicted octanol–water partition coefficient (Wildman–Crippen LogP) is 4.20. The number of hydrogen-bond donors (Lipinski definition) is 2. The number of carbonyl (C=O) groups excluding carboxylic acids is 1.